The molecular weight excluding hydrogens is 178 g/mol. The van der Waals surface area contributed by atoms with Crippen molar-refractivity contribution in [2.45, 2.75) is 6.42 Å². The number of carbonyl (C=O) groups excluding carboxylic acids is 1. The van der Waals surface area contributed by atoms with Crippen LogP contribution >= 0.6 is 11.6 Å². The van der Waals surface area contributed by atoms with Crippen LogP contribution in [0.4, 0.5) is 5.69 Å². The molecule has 0 aliphatic carbocycles. The van der Waals surface area contributed by atoms with Gasteiger partial charge in [-0.1, -0.05) is 17.7 Å². The molecule has 3 N–H and O–H groups in total. The molecule has 12 heavy (non-hydrogen) atoms. The molecule has 0 saturated heterocycles. The van der Waals surface area contributed by atoms with Crippen molar-refractivity contribution < 1.29 is 10.3 Å². The van der Waals surface area contributed by atoms with E-state index in [1.54, 1.807) is 12.1 Å². The summed E-state index contributed by atoms with van der Waals surface area (Å²) in [5.41, 5.74) is 1.88. The third-order valence-corrected chi connectivity index (χ3v) is 1.93. The van der Waals surface area contributed by atoms with Crippen LogP contribution in [-0.2, 0) is 11.2 Å². The van der Waals surface area contributed by atoms with Crippen LogP contribution in [0.1, 0.15) is 5.56 Å². The highest BCUT2D eigenvalue weighted by atomic mass is 35.5. The summed E-state index contributed by atoms with van der Waals surface area (Å²) in [6, 6.07) is 5.43. The van der Waals surface area contributed by atoms with Gasteiger partial charge in [-0.15, -0.1) is 0 Å². The third-order valence-electron chi connectivity index (χ3n) is 1.70. The second kappa shape index (κ2) is 3.13. The SMILES string of the molecule is O.O=C1Cc2ccc(Cl)cc2N1. The Balaban J connectivity index is 0.000000720. The lowest BCUT2D eigenvalue weighted by atomic mass is 10.2. The lowest BCUT2D eigenvalue weighted by Crippen LogP contribution is -2.03. The maximum Gasteiger partial charge on any atom is 0.228 e. The van der Waals surface area contributed by atoms with Crippen LogP contribution in [-0.4, -0.2) is 11.4 Å². The van der Waals surface area contributed by atoms with E-state index in [4.69, 9.17) is 11.6 Å². The van der Waals surface area contributed by atoms with E-state index in [-0.39, 0.29) is 11.4 Å². The van der Waals surface area contributed by atoms with Crippen LogP contribution in [0.2, 0.25) is 5.02 Å². The summed E-state index contributed by atoms with van der Waals surface area (Å²) < 4.78 is 0. The molecule has 0 fully saturated rings. The summed E-state index contributed by atoms with van der Waals surface area (Å²) in [7, 11) is 0. The minimum absolute atomic E-state index is 0. The first kappa shape index (κ1) is 9.03. The molecule has 1 aliphatic heterocycles. The van der Waals surface area contributed by atoms with E-state index in [1.807, 2.05) is 6.07 Å². The Morgan fingerprint density at radius 1 is 1.42 bits per heavy atom. The quantitative estimate of drug-likeness (QED) is 0.644. The Morgan fingerprint density at radius 3 is 2.92 bits per heavy atom. The smallest absolute Gasteiger partial charge is 0.228 e. The molecule has 1 aliphatic rings. The molecule has 0 saturated carbocycles. The van der Waals surface area contributed by atoms with E-state index in [1.165, 1.54) is 0 Å². The van der Waals surface area contributed by atoms with Crippen LogP contribution in [0.5, 0.6) is 0 Å². The zero-order valence-electron chi connectivity index (χ0n) is 6.23. The number of amides is 1. The predicted octanol–water partition coefficient (Wildman–Crippen LogP) is 1.01. The molecule has 2 rings (SSSR count). The molecule has 1 aromatic carbocycles. The minimum atomic E-state index is 0. The number of anilines is 1. The van der Waals surface area contributed by atoms with Gasteiger partial charge in [0, 0.05) is 10.7 Å². The fourth-order valence-corrected chi connectivity index (χ4v) is 1.36. The summed E-state index contributed by atoms with van der Waals surface area (Å²) in [6.45, 7) is 0. The van der Waals surface area contributed by atoms with Crippen LogP contribution in [0, 0.1) is 0 Å². The average molecular weight is 186 g/mol. The van der Waals surface area contributed by atoms with Crippen molar-refractivity contribution in [2.75, 3.05) is 5.32 Å². The van der Waals surface area contributed by atoms with Crippen LogP contribution in [0.25, 0.3) is 0 Å². The molecule has 1 aromatic rings. The van der Waals surface area contributed by atoms with Crippen molar-refractivity contribution in [3.8, 4) is 0 Å². The normalized spacial score (nSPS) is 13.2. The van der Waals surface area contributed by atoms with Gasteiger partial charge in [0.25, 0.3) is 0 Å². The summed E-state index contributed by atoms with van der Waals surface area (Å²) in [5.74, 6) is 0.0438. The Bertz CT molecular complexity index is 325. The van der Waals surface area contributed by atoms with Crippen LogP contribution in [0.15, 0.2) is 18.2 Å². The first-order valence-electron chi connectivity index (χ1n) is 3.34. The first-order chi connectivity index (χ1) is 5.25. The van der Waals surface area contributed by atoms with Gasteiger partial charge in [-0.25, -0.2) is 0 Å². The van der Waals surface area contributed by atoms with Gasteiger partial charge in [0.15, 0.2) is 0 Å². The van der Waals surface area contributed by atoms with E-state index in [0.717, 1.165) is 11.3 Å². The predicted molar refractivity (Wildman–Crippen MR) is 47.4 cm³/mol. The van der Waals surface area contributed by atoms with Crippen molar-refractivity contribution in [2.24, 2.45) is 0 Å². The van der Waals surface area contributed by atoms with Crippen molar-refractivity contribution in [3.05, 3.63) is 28.8 Å². The minimum Gasteiger partial charge on any atom is -0.412 e. The topological polar surface area (TPSA) is 60.6 Å². The largest absolute Gasteiger partial charge is 0.412 e. The number of hydrogen-bond donors (Lipinski definition) is 1. The number of rotatable bonds is 0. The van der Waals surface area contributed by atoms with Crippen LogP contribution in [0.3, 0.4) is 0 Å². The van der Waals surface area contributed by atoms with E-state index in [0.29, 0.717) is 11.4 Å². The van der Waals surface area contributed by atoms with Crippen molar-refractivity contribution in [1.29, 1.82) is 0 Å². The lowest BCUT2D eigenvalue weighted by molar-refractivity contribution is -0.115. The van der Waals surface area contributed by atoms with E-state index >= 15 is 0 Å². The van der Waals surface area contributed by atoms with Gasteiger partial charge in [0.1, 0.15) is 0 Å². The molecule has 0 atom stereocenters. The summed E-state index contributed by atoms with van der Waals surface area (Å²) in [5, 5.41) is 3.37. The number of benzene rings is 1. The summed E-state index contributed by atoms with van der Waals surface area (Å²) in [6.07, 6.45) is 0.479. The highest BCUT2D eigenvalue weighted by Gasteiger charge is 2.16. The Morgan fingerprint density at radius 2 is 2.17 bits per heavy atom. The van der Waals surface area contributed by atoms with Crippen molar-refractivity contribution >= 4 is 23.2 Å². The first-order valence-corrected chi connectivity index (χ1v) is 3.72. The fraction of sp³-hybridized carbons (Fsp3) is 0.125. The molecule has 0 unspecified atom stereocenters. The van der Waals surface area contributed by atoms with Gasteiger partial charge >= 0.3 is 0 Å². The molecule has 64 valence electrons. The highest BCUT2D eigenvalue weighted by Crippen LogP contribution is 2.25. The lowest BCUT2D eigenvalue weighted by Gasteiger charge is -1.96. The van der Waals surface area contributed by atoms with Gasteiger partial charge in [-0.3, -0.25) is 4.79 Å². The van der Waals surface area contributed by atoms with Gasteiger partial charge in [0.2, 0.25) is 5.91 Å². The summed E-state index contributed by atoms with van der Waals surface area (Å²) >= 11 is 5.72. The number of fused-ring (bicyclic) bond motifs is 1. The van der Waals surface area contributed by atoms with E-state index in [9.17, 15) is 4.79 Å². The molecule has 4 heteroatoms. The van der Waals surface area contributed by atoms with Gasteiger partial charge in [-0.2, -0.15) is 0 Å². The van der Waals surface area contributed by atoms with Gasteiger partial charge in [0.05, 0.1) is 6.42 Å². The van der Waals surface area contributed by atoms with Gasteiger partial charge in [-0.05, 0) is 17.7 Å². The number of hydrogen-bond acceptors (Lipinski definition) is 1. The Hall–Kier alpha value is -1.06. The second-order valence-electron chi connectivity index (χ2n) is 2.53. The highest BCUT2D eigenvalue weighted by molar-refractivity contribution is 6.31. The zero-order valence-corrected chi connectivity index (χ0v) is 6.98. The average Bonchev–Trinajstić information content (AvgIpc) is 2.27. The fourth-order valence-electron chi connectivity index (χ4n) is 1.19. The third kappa shape index (κ3) is 1.42. The zero-order chi connectivity index (χ0) is 7.84. The monoisotopic (exact) mass is 185 g/mol. The molecule has 0 spiro atoms. The van der Waals surface area contributed by atoms with Crippen molar-refractivity contribution in [3.63, 3.8) is 0 Å². The van der Waals surface area contributed by atoms with Crippen LogP contribution < -0.4 is 5.32 Å². The second-order valence-corrected chi connectivity index (χ2v) is 2.96. The number of halogens is 1. The molecular formula is C8H8ClNO2. The van der Waals surface area contributed by atoms with E-state index < -0.39 is 0 Å². The molecule has 1 heterocycles. The Kier molecular flexibility index (Phi) is 2.35. The van der Waals surface area contributed by atoms with E-state index in [2.05, 4.69) is 5.32 Å². The summed E-state index contributed by atoms with van der Waals surface area (Å²) in [4.78, 5) is 10.9. The molecule has 0 aromatic heterocycles. The standard InChI is InChI=1S/C8H6ClNO.H2O/c9-6-2-1-5-3-8(11)10-7(5)4-6;/h1-2,4H,3H2,(H,10,11);1H2. The maximum atomic E-state index is 10.9. The molecule has 0 radical (unpaired) electrons. The number of carbonyl (C=O) groups is 1. The molecule has 1 amide bonds. The van der Waals surface area contributed by atoms with Crippen molar-refractivity contribution in [1.82, 2.24) is 0 Å². The molecule has 3 nitrogen and oxygen atoms in total. The molecule has 0 bridgehead atoms. The maximum absolute atomic E-state index is 10.9. The number of nitrogens with one attached hydrogen (secondary N) is 1. The van der Waals surface area contributed by atoms with Gasteiger partial charge < -0.3 is 10.8 Å². The Labute approximate surface area is 74.7 Å².